The highest BCUT2D eigenvalue weighted by molar-refractivity contribution is 7.98. The van der Waals surface area contributed by atoms with Gasteiger partial charge in [-0.05, 0) is 42.5 Å². The second-order valence-electron chi connectivity index (χ2n) is 4.13. The zero-order valence-corrected chi connectivity index (χ0v) is 12.9. The molecular weight excluding hydrogens is 343 g/mol. The third kappa shape index (κ3) is 3.36. The van der Waals surface area contributed by atoms with Gasteiger partial charge in [-0.2, -0.15) is 13.2 Å². The Bertz CT molecular complexity index is 718. The summed E-state index contributed by atoms with van der Waals surface area (Å²) in [4.78, 5) is 12.1. The van der Waals surface area contributed by atoms with Crippen LogP contribution < -0.4 is 5.32 Å². The highest BCUT2D eigenvalue weighted by Crippen LogP contribution is 2.38. The number of nitrogens with one attached hydrogen (secondary N) is 1. The Morgan fingerprint density at radius 2 is 2.05 bits per heavy atom. The number of halogens is 4. The third-order valence-electron chi connectivity index (χ3n) is 2.78. The fourth-order valence-corrected chi connectivity index (χ4v) is 2.77. The highest BCUT2D eigenvalue weighted by Gasteiger charge is 2.34. The van der Waals surface area contributed by atoms with Crippen molar-refractivity contribution in [3.8, 4) is 0 Å². The number of rotatable bonds is 3. The minimum absolute atomic E-state index is 0.0105. The van der Waals surface area contributed by atoms with E-state index in [1.807, 2.05) is 0 Å². The first-order valence-electron chi connectivity index (χ1n) is 5.79. The number of carbonyl (C=O) groups is 1. The van der Waals surface area contributed by atoms with E-state index < -0.39 is 17.6 Å². The predicted molar refractivity (Wildman–Crippen MR) is 75.2 cm³/mol. The molecule has 0 saturated heterocycles. The zero-order valence-electron chi connectivity index (χ0n) is 11.3. The molecule has 2 rings (SSSR count). The largest absolute Gasteiger partial charge is 0.417 e. The van der Waals surface area contributed by atoms with Crippen LogP contribution in [-0.2, 0) is 6.18 Å². The van der Waals surface area contributed by atoms with Crippen LogP contribution in [0.3, 0.4) is 0 Å². The molecular formula is C12H9ClF3N3O2S. The molecule has 1 aromatic carbocycles. The average molecular weight is 352 g/mol. The van der Waals surface area contributed by atoms with Gasteiger partial charge in [0.05, 0.1) is 5.56 Å². The van der Waals surface area contributed by atoms with Crippen molar-refractivity contribution < 1.29 is 22.4 Å². The van der Waals surface area contributed by atoms with Crippen LogP contribution >= 0.6 is 23.4 Å². The first-order chi connectivity index (χ1) is 10.2. The van der Waals surface area contributed by atoms with E-state index in [1.165, 1.54) is 13.2 Å². The lowest BCUT2D eigenvalue weighted by molar-refractivity contribution is -0.139. The Morgan fingerprint density at radius 3 is 2.55 bits per heavy atom. The van der Waals surface area contributed by atoms with Gasteiger partial charge in [0.25, 0.3) is 5.91 Å². The number of aromatic nitrogens is 2. The number of amides is 1. The molecule has 2 aromatic rings. The van der Waals surface area contributed by atoms with E-state index in [0.29, 0.717) is 0 Å². The van der Waals surface area contributed by atoms with Crippen LogP contribution in [0.4, 0.5) is 19.2 Å². The highest BCUT2D eigenvalue weighted by atomic mass is 35.5. The van der Waals surface area contributed by atoms with Crippen LogP contribution in [0.15, 0.2) is 21.4 Å². The van der Waals surface area contributed by atoms with Crippen LogP contribution in [0.1, 0.15) is 21.5 Å². The van der Waals surface area contributed by atoms with Crippen molar-refractivity contribution in [2.45, 2.75) is 18.0 Å². The van der Waals surface area contributed by atoms with E-state index in [2.05, 4.69) is 15.5 Å². The van der Waals surface area contributed by atoms with Crippen LogP contribution in [0.5, 0.6) is 0 Å². The minimum atomic E-state index is -4.49. The Hall–Kier alpha value is -1.74. The number of hydrogen-bond donors (Lipinski definition) is 1. The van der Waals surface area contributed by atoms with E-state index in [9.17, 15) is 18.0 Å². The van der Waals surface area contributed by atoms with Gasteiger partial charge < -0.3 is 4.42 Å². The van der Waals surface area contributed by atoms with Gasteiger partial charge in [0.1, 0.15) is 0 Å². The van der Waals surface area contributed by atoms with Gasteiger partial charge >= 0.3 is 17.5 Å². The first-order valence-corrected chi connectivity index (χ1v) is 7.39. The van der Waals surface area contributed by atoms with Crippen molar-refractivity contribution in [1.29, 1.82) is 0 Å². The number of hydrogen-bond acceptors (Lipinski definition) is 5. The van der Waals surface area contributed by atoms with Gasteiger partial charge in [0, 0.05) is 10.5 Å². The summed E-state index contributed by atoms with van der Waals surface area (Å²) >= 11 is 6.34. The molecule has 1 aromatic heterocycles. The third-order valence-corrected chi connectivity index (χ3v) is 3.87. The maximum Gasteiger partial charge on any atom is 0.417 e. The molecule has 0 atom stereocenters. The van der Waals surface area contributed by atoms with E-state index in [1.54, 1.807) is 0 Å². The molecule has 1 heterocycles. The summed E-state index contributed by atoms with van der Waals surface area (Å²) in [7, 11) is 0. The molecule has 22 heavy (non-hydrogen) atoms. The Morgan fingerprint density at radius 1 is 1.36 bits per heavy atom. The summed E-state index contributed by atoms with van der Waals surface area (Å²) in [6.45, 7) is 1.44. The van der Waals surface area contributed by atoms with Crippen molar-refractivity contribution >= 4 is 35.3 Å². The first kappa shape index (κ1) is 16.6. The maximum atomic E-state index is 12.9. The molecule has 0 aliphatic heterocycles. The summed E-state index contributed by atoms with van der Waals surface area (Å²) in [5.41, 5.74) is -0.494. The quantitative estimate of drug-likeness (QED) is 0.846. The molecule has 0 aliphatic rings. The van der Waals surface area contributed by atoms with Gasteiger partial charge in [0.15, 0.2) is 0 Å². The normalized spacial score (nSPS) is 11.5. The summed E-state index contributed by atoms with van der Waals surface area (Å²) in [6.07, 6.45) is -2.98. The molecule has 10 heteroatoms. The molecule has 0 fully saturated rings. The Balaban J connectivity index is 2.38. The Kier molecular flexibility index (Phi) is 4.66. The van der Waals surface area contributed by atoms with Gasteiger partial charge in [-0.3, -0.25) is 10.1 Å². The van der Waals surface area contributed by atoms with Crippen molar-refractivity contribution in [2.24, 2.45) is 0 Å². The van der Waals surface area contributed by atoms with E-state index in [4.69, 9.17) is 16.0 Å². The van der Waals surface area contributed by atoms with Crippen LogP contribution in [0.2, 0.25) is 5.35 Å². The van der Waals surface area contributed by atoms with Gasteiger partial charge in [0.2, 0.25) is 0 Å². The molecule has 0 aliphatic carbocycles. The number of nitrogens with zero attached hydrogens (tertiary/aromatic N) is 2. The zero-order chi connectivity index (χ0) is 16.5. The molecule has 1 N–H and O–H groups in total. The van der Waals surface area contributed by atoms with Gasteiger partial charge in [-0.15, -0.1) is 11.8 Å². The topological polar surface area (TPSA) is 68.0 Å². The molecule has 118 valence electrons. The standard InChI is InChI=1S/C12H9ClF3N3O2S/c1-5-6(9(20)17-11-19-18-10(13)21-11)3-4-7(8(5)22-2)12(14,15)16/h3-4H,1-2H3,(H,17,19,20). The predicted octanol–water partition coefficient (Wildman–Crippen LogP) is 4.02. The lowest BCUT2D eigenvalue weighted by Crippen LogP contribution is -2.16. The van der Waals surface area contributed by atoms with Crippen molar-refractivity contribution in [3.05, 3.63) is 34.2 Å². The molecule has 0 radical (unpaired) electrons. The number of anilines is 1. The fourth-order valence-electron chi connectivity index (χ4n) is 1.84. The smallest absolute Gasteiger partial charge is 0.394 e. The maximum absolute atomic E-state index is 12.9. The van der Waals surface area contributed by atoms with E-state index in [0.717, 1.165) is 23.9 Å². The molecule has 0 bridgehead atoms. The molecule has 0 spiro atoms. The molecule has 0 saturated carbocycles. The number of alkyl halides is 3. The monoisotopic (exact) mass is 351 g/mol. The van der Waals surface area contributed by atoms with Gasteiger partial charge in [-0.25, -0.2) is 0 Å². The van der Waals surface area contributed by atoms with Crippen molar-refractivity contribution in [1.82, 2.24) is 10.2 Å². The minimum Gasteiger partial charge on any atom is -0.394 e. The second-order valence-corrected chi connectivity index (χ2v) is 5.27. The fraction of sp³-hybridized carbons (Fsp3) is 0.250. The number of thioether (sulfide) groups is 1. The Labute approximate surface area is 132 Å². The lowest BCUT2D eigenvalue weighted by atomic mass is 10.0. The molecule has 1 amide bonds. The number of carbonyl (C=O) groups excluding carboxylic acids is 1. The summed E-state index contributed by atoms with van der Waals surface area (Å²) < 4.78 is 43.6. The number of benzene rings is 1. The lowest BCUT2D eigenvalue weighted by Gasteiger charge is -2.16. The van der Waals surface area contributed by atoms with Gasteiger partial charge in [-0.1, -0.05) is 10.2 Å². The van der Waals surface area contributed by atoms with E-state index >= 15 is 0 Å². The second kappa shape index (κ2) is 6.17. The van der Waals surface area contributed by atoms with Crippen molar-refractivity contribution in [3.63, 3.8) is 0 Å². The SMILES string of the molecule is CSc1c(C(F)(F)F)ccc(C(=O)Nc2nnc(Cl)o2)c1C. The molecule has 5 nitrogen and oxygen atoms in total. The summed E-state index contributed by atoms with van der Waals surface area (Å²) in [6, 6.07) is 1.74. The van der Waals surface area contributed by atoms with Crippen LogP contribution in [-0.4, -0.2) is 22.4 Å². The van der Waals surface area contributed by atoms with Crippen molar-refractivity contribution in [2.75, 3.05) is 11.6 Å². The summed E-state index contributed by atoms with van der Waals surface area (Å²) in [5.74, 6) is -0.665. The van der Waals surface area contributed by atoms with E-state index in [-0.39, 0.29) is 27.4 Å². The van der Waals surface area contributed by atoms with Crippen LogP contribution in [0.25, 0.3) is 0 Å². The summed E-state index contributed by atoms with van der Waals surface area (Å²) in [5, 5.41) is 8.81. The molecule has 0 unspecified atom stereocenters. The van der Waals surface area contributed by atoms with Crippen LogP contribution in [0, 0.1) is 6.92 Å². The average Bonchev–Trinajstić information content (AvgIpc) is 2.82.